The molecule has 2 heterocycles. The molecule has 3 aromatic rings. The summed E-state index contributed by atoms with van der Waals surface area (Å²) in [5.41, 5.74) is 10.9. The van der Waals surface area contributed by atoms with Crippen LogP contribution in [0.1, 0.15) is 11.1 Å². The van der Waals surface area contributed by atoms with Gasteiger partial charge >= 0.3 is 0 Å². The second kappa shape index (κ2) is 3.84. The van der Waals surface area contributed by atoms with Crippen LogP contribution in [0, 0.1) is 13.8 Å². The van der Waals surface area contributed by atoms with Gasteiger partial charge in [-0.3, -0.25) is 4.57 Å². The Morgan fingerprint density at radius 2 is 1.94 bits per heavy atom. The van der Waals surface area contributed by atoms with Crippen molar-refractivity contribution in [3.63, 3.8) is 0 Å². The van der Waals surface area contributed by atoms with Crippen molar-refractivity contribution in [2.24, 2.45) is 0 Å². The topological polar surface area (TPSA) is 56.7 Å². The van der Waals surface area contributed by atoms with E-state index in [0.717, 1.165) is 22.4 Å². The van der Waals surface area contributed by atoms with E-state index in [1.54, 1.807) is 0 Å². The summed E-state index contributed by atoms with van der Waals surface area (Å²) >= 11 is 0. The maximum atomic E-state index is 6.00. The van der Waals surface area contributed by atoms with Crippen molar-refractivity contribution in [1.29, 1.82) is 0 Å². The fraction of sp³-hybridized carbons (Fsp3) is 0.143. The fourth-order valence-electron chi connectivity index (χ4n) is 2.10. The van der Waals surface area contributed by atoms with E-state index < -0.39 is 0 Å². The van der Waals surface area contributed by atoms with Gasteiger partial charge in [0.05, 0.1) is 5.69 Å². The molecular weight excluding hydrogens is 224 g/mol. The van der Waals surface area contributed by atoms with Gasteiger partial charge in [0.25, 0.3) is 0 Å². The Hall–Kier alpha value is -2.36. The zero-order valence-electron chi connectivity index (χ0n) is 10.4. The number of benzene rings is 1. The van der Waals surface area contributed by atoms with E-state index in [2.05, 4.69) is 29.0 Å². The first-order valence-corrected chi connectivity index (χ1v) is 5.83. The summed E-state index contributed by atoms with van der Waals surface area (Å²) in [6.45, 7) is 4.05. The number of hydrogen-bond donors (Lipinski definition) is 1. The molecule has 3 rings (SSSR count). The largest absolute Gasteiger partial charge is 0.369 e. The van der Waals surface area contributed by atoms with Crippen molar-refractivity contribution < 1.29 is 0 Å². The number of imidazole rings is 1. The third kappa shape index (κ3) is 1.62. The molecule has 2 N–H and O–H groups in total. The summed E-state index contributed by atoms with van der Waals surface area (Å²) < 4.78 is 1.88. The molecule has 0 amide bonds. The molecule has 0 saturated heterocycles. The highest BCUT2D eigenvalue weighted by atomic mass is 15.2. The van der Waals surface area contributed by atoms with E-state index in [0.29, 0.717) is 5.95 Å². The number of anilines is 1. The lowest BCUT2D eigenvalue weighted by molar-refractivity contribution is 1.08. The van der Waals surface area contributed by atoms with E-state index in [4.69, 9.17) is 5.73 Å². The first kappa shape index (κ1) is 10.8. The molecule has 0 radical (unpaired) electrons. The van der Waals surface area contributed by atoms with Crippen LogP contribution in [0.3, 0.4) is 0 Å². The number of aromatic nitrogens is 3. The first-order chi connectivity index (χ1) is 8.65. The fourth-order valence-corrected chi connectivity index (χ4v) is 2.10. The van der Waals surface area contributed by atoms with Crippen LogP contribution in [0.4, 0.5) is 5.95 Å². The van der Waals surface area contributed by atoms with Crippen LogP contribution in [0.15, 0.2) is 36.5 Å². The Kier molecular flexibility index (Phi) is 2.30. The molecule has 0 atom stereocenters. The van der Waals surface area contributed by atoms with E-state index in [9.17, 15) is 0 Å². The summed E-state index contributed by atoms with van der Waals surface area (Å²) in [5.74, 6) is 0.466. The molecule has 0 aliphatic carbocycles. The molecule has 1 aromatic carbocycles. The Labute approximate surface area is 105 Å². The summed E-state index contributed by atoms with van der Waals surface area (Å²) in [4.78, 5) is 8.79. The molecule has 0 spiro atoms. The molecule has 0 bridgehead atoms. The normalized spacial score (nSPS) is 11.0. The predicted molar refractivity (Wildman–Crippen MR) is 72.8 cm³/mol. The van der Waals surface area contributed by atoms with E-state index in [-0.39, 0.29) is 0 Å². The van der Waals surface area contributed by atoms with E-state index >= 15 is 0 Å². The molecular formula is C14H14N4. The average molecular weight is 238 g/mol. The second-order valence-corrected chi connectivity index (χ2v) is 4.50. The van der Waals surface area contributed by atoms with Gasteiger partial charge in [-0.15, -0.1) is 0 Å². The Morgan fingerprint density at radius 3 is 2.72 bits per heavy atom. The van der Waals surface area contributed by atoms with E-state index in [1.165, 1.54) is 5.56 Å². The van der Waals surface area contributed by atoms with Crippen molar-refractivity contribution in [3.05, 3.63) is 47.7 Å². The first-order valence-electron chi connectivity index (χ1n) is 5.83. The van der Waals surface area contributed by atoms with Crippen molar-refractivity contribution in [3.8, 4) is 5.69 Å². The monoisotopic (exact) mass is 238 g/mol. The summed E-state index contributed by atoms with van der Waals surface area (Å²) in [6.07, 6.45) is 1.83. The van der Waals surface area contributed by atoms with Crippen molar-refractivity contribution in [2.45, 2.75) is 13.8 Å². The van der Waals surface area contributed by atoms with Crippen molar-refractivity contribution in [2.75, 3.05) is 5.73 Å². The maximum Gasteiger partial charge on any atom is 0.207 e. The second-order valence-electron chi connectivity index (χ2n) is 4.50. The van der Waals surface area contributed by atoms with Gasteiger partial charge in [0.2, 0.25) is 5.95 Å². The van der Waals surface area contributed by atoms with Crippen LogP contribution in [-0.4, -0.2) is 14.5 Å². The number of aryl methyl sites for hydroxylation is 2. The zero-order valence-corrected chi connectivity index (χ0v) is 10.4. The van der Waals surface area contributed by atoms with Crippen molar-refractivity contribution >= 4 is 17.1 Å². The van der Waals surface area contributed by atoms with Gasteiger partial charge in [-0.05, 0) is 43.2 Å². The van der Waals surface area contributed by atoms with Gasteiger partial charge in [-0.1, -0.05) is 12.1 Å². The van der Waals surface area contributed by atoms with Gasteiger partial charge < -0.3 is 5.73 Å². The number of nitrogens with two attached hydrogens (primary N) is 1. The summed E-state index contributed by atoms with van der Waals surface area (Å²) in [6, 6.07) is 10.1. The predicted octanol–water partition coefficient (Wildman–Crippen LogP) is 2.62. The molecule has 18 heavy (non-hydrogen) atoms. The number of nitrogens with zero attached hydrogens (tertiary/aromatic N) is 3. The Morgan fingerprint density at radius 1 is 1.11 bits per heavy atom. The minimum Gasteiger partial charge on any atom is -0.369 e. The minimum atomic E-state index is 0.466. The van der Waals surface area contributed by atoms with Crippen molar-refractivity contribution in [1.82, 2.24) is 14.5 Å². The number of rotatable bonds is 1. The molecule has 0 saturated carbocycles. The standard InChI is InChI=1S/C14H14N4/c1-9-4-3-5-11(6-9)18-13-12(17-14(18)15)7-10(2)8-16-13/h3-8H,1-2H3,(H2,15,17). The van der Waals surface area contributed by atoms with Crippen LogP contribution in [0.25, 0.3) is 16.9 Å². The lowest BCUT2D eigenvalue weighted by atomic mass is 10.2. The van der Waals surface area contributed by atoms with Crippen LogP contribution in [-0.2, 0) is 0 Å². The molecule has 0 unspecified atom stereocenters. The molecule has 4 heteroatoms. The number of fused-ring (bicyclic) bond motifs is 1. The highest BCUT2D eigenvalue weighted by Gasteiger charge is 2.11. The average Bonchev–Trinajstić information content (AvgIpc) is 2.64. The Balaban J connectivity index is 2.32. The lowest BCUT2D eigenvalue weighted by Gasteiger charge is -2.06. The van der Waals surface area contributed by atoms with Crippen LogP contribution >= 0.6 is 0 Å². The van der Waals surface area contributed by atoms with E-state index in [1.807, 2.05) is 35.9 Å². The highest BCUT2D eigenvalue weighted by molar-refractivity contribution is 5.77. The molecule has 0 aliphatic heterocycles. The van der Waals surface area contributed by atoms with Crippen LogP contribution in [0.5, 0.6) is 0 Å². The maximum absolute atomic E-state index is 6.00. The highest BCUT2D eigenvalue weighted by Crippen LogP contribution is 2.22. The summed E-state index contributed by atoms with van der Waals surface area (Å²) in [7, 11) is 0. The minimum absolute atomic E-state index is 0.466. The van der Waals surface area contributed by atoms with Gasteiger partial charge in [0.1, 0.15) is 5.52 Å². The quantitative estimate of drug-likeness (QED) is 0.709. The third-order valence-electron chi connectivity index (χ3n) is 2.92. The number of hydrogen-bond acceptors (Lipinski definition) is 3. The van der Waals surface area contributed by atoms with Gasteiger partial charge in [-0.25, -0.2) is 9.97 Å². The lowest BCUT2D eigenvalue weighted by Crippen LogP contribution is -2.01. The number of pyridine rings is 1. The SMILES string of the molecule is Cc1cccc(-n2c(N)nc3cc(C)cnc32)c1. The Bertz CT molecular complexity index is 728. The zero-order chi connectivity index (χ0) is 12.7. The van der Waals surface area contributed by atoms with Gasteiger partial charge in [0.15, 0.2) is 5.65 Å². The van der Waals surface area contributed by atoms with Gasteiger partial charge in [0, 0.05) is 6.20 Å². The number of nitrogen functional groups attached to an aromatic ring is 1. The van der Waals surface area contributed by atoms with Crippen LogP contribution < -0.4 is 5.73 Å². The molecule has 4 nitrogen and oxygen atoms in total. The third-order valence-corrected chi connectivity index (χ3v) is 2.92. The molecule has 90 valence electrons. The summed E-state index contributed by atoms with van der Waals surface area (Å²) in [5, 5.41) is 0. The van der Waals surface area contributed by atoms with Crippen LogP contribution in [0.2, 0.25) is 0 Å². The molecule has 0 fully saturated rings. The van der Waals surface area contributed by atoms with Gasteiger partial charge in [-0.2, -0.15) is 0 Å². The smallest absolute Gasteiger partial charge is 0.207 e. The molecule has 0 aliphatic rings. The molecule has 2 aromatic heterocycles.